The van der Waals surface area contributed by atoms with E-state index in [9.17, 15) is 4.79 Å². The van der Waals surface area contributed by atoms with Crippen molar-refractivity contribution in [1.29, 1.82) is 0 Å². The normalized spacial score (nSPS) is 13.5. The van der Waals surface area contributed by atoms with Crippen LogP contribution in [0.4, 0.5) is 0 Å². The lowest BCUT2D eigenvalue weighted by Gasteiger charge is -2.24. The van der Waals surface area contributed by atoms with E-state index in [1.54, 1.807) is 13.2 Å². The average molecular weight is 276 g/mol. The maximum absolute atomic E-state index is 12.1. The lowest BCUT2D eigenvalue weighted by molar-refractivity contribution is 0.414. The Bertz CT molecular complexity index is 652. The third kappa shape index (κ3) is 2.73. The second-order valence-electron chi connectivity index (χ2n) is 5.98. The molecule has 1 aromatic heterocycles. The fourth-order valence-electron chi connectivity index (χ4n) is 2.00. The van der Waals surface area contributed by atoms with Crippen LogP contribution in [0.5, 0.6) is 5.75 Å². The summed E-state index contributed by atoms with van der Waals surface area (Å²) in [5.74, 6) is 0.696. The number of fused-ring (bicyclic) bond motifs is 1. The summed E-state index contributed by atoms with van der Waals surface area (Å²) in [5, 5.41) is 0.945. The van der Waals surface area contributed by atoms with Crippen LogP contribution < -0.4 is 10.4 Å². The lowest BCUT2D eigenvalue weighted by atomic mass is 10.1. The molecule has 0 N–H and O–H groups in total. The van der Waals surface area contributed by atoms with Gasteiger partial charge in [-0.2, -0.15) is 0 Å². The Balaban J connectivity index is 2.60. The molecule has 0 radical (unpaired) electrons. The molecule has 1 aromatic carbocycles. The quantitative estimate of drug-likeness (QED) is 0.632. The van der Waals surface area contributed by atoms with Gasteiger partial charge in [0, 0.05) is 17.0 Å². The second kappa shape index (κ2) is 4.85. The molecule has 0 amide bonds. The first kappa shape index (κ1) is 13.9. The van der Waals surface area contributed by atoms with Crippen molar-refractivity contribution in [3.8, 4) is 5.75 Å². The van der Waals surface area contributed by atoms with Gasteiger partial charge in [-0.05, 0) is 23.7 Å². The van der Waals surface area contributed by atoms with Gasteiger partial charge < -0.3 is 9.15 Å². The highest BCUT2D eigenvalue weighted by Gasteiger charge is 2.26. The van der Waals surface area contributed by atoms with Crippen LogP contribution in [0.2, 0.25) is 19.6 Å². The lowest BCUT2D eigenvalue weighted by Crippen LogP contribution is -2.32. The molecule has 1 heterocycles. The molecule has 0 saturated carbocycles. The fraction of sp³-hybridized carbons (Fsp3) is 0.400. The third-order valence-corrected chi connectivity index (χ3v) is 6.64. The van der Waals surface area contributed by atoms with Crippen molar-refractivity contribution in [1.82, 2.24) is 0 Å². The highest BCUT2D eigenvalue weighted by molar-refractivity contribution is 6.77. The molecule has 19 heavy (non-hydrogen) atoms. The maximum Gasteiger partial charge on any atom is 0.339 e. The van der Waals surface area contributed by atoms with E-state index in [4.69, 9.17) is 9.15 Å². The first-order chi connectivity index (χ1) is 8.82. The summed E-state index contributed by atoms with van der Waals surface area (Å²) in [4.78, 5) is 12.1. The Morgan fingerprint density at radius 2 is 1.89 bits per heavy atom. The van der Waals surface area contributed by atoms with Gasteiger partial charge in [0.25, 0.3) is 0 Å². The number of hydrogen-bond donors (Lipinski definition) is 0. The van der Waals surface area contributed by atoms with E-state index in [1.165, 1.54) is 0 Å². The third-order valence-electron chi connectivity index (χ3n) is 3.74. The van der Waals surface area contributed by atoms with Gasteiger partial charge >= 0.3 is 5.63 Å². The summed E-state index contributed by atoms with van der Waals surface area (Å²) >= 11 is 0. The van der Waals surface area contributed by atoms with E-state index in [2.05, 4.69) is 26.6 Å². The van der Waals surface area contributed by atoms with Gasteiger partial charge in [-0.1, -0.05) is 26.6 Å². The van der Waals surface area contributed by atoms with Crippen molar-refractivity contribution in [2.75, 3.05) is 7.11 Å². The first-order valence-corrected chi connectivity index (χ1v) is 10.0. The van der Waals surface area contributed by atoms with E-state index in [1.807, 2.05) is 18.2 Å². The van der Waals surface area contributed by atoms with Crippen LogP contribution in [-0.2, 0) is 0 Å². The minimum atomic E-state index is -1.42. The molecule has 0 aliphatic rings. The van der Waals surface area contributed by atoms with Crippen molar-refractivity contribution in [3.63, 3.8) is 0 Å². The molecule has 0 spiro atoms. The molecular weight excluding hydrogens is 256 g/mol. The smallest absolute Gasteiger partial charge is 0.339 e. The molecule has 4 heteroatoms. The number of rotatable bonds is 3. The monoisotopic (exact) mass is 276 g/mol. The summed E-state index contributed by atoms with van der Waals surface area (Å²) in [6, 6.07) is 7.52. The van der Waals surface area contributed by atoms with Gasteiger partial charge in [-0.3, -0.25) is 0 Å². The predicted molar refractivity (Wildman–Crippen MR) is 80.8 cm³/mol. The van der Waals surface area contributed by atoms with E-state index in [0.717, 1.165) is 10.9 Å². The van der Waals surface area contributed by atoms with Gasteiger partial charge in [-0.25, -0.2) is 4.79 Å². The van der Waals surface area contributed by atoms with Crippen molar-refractivity contribution in [3.05, 3.63) is 40.2 Å². The molecule has 0 bridgehead atoms. The number of hydrogen-bond acceptors (Lipinski definition) is 3. The van der Waals surface area contributed by atoms with Crippen LogP contribution in [0.15, 0.2) is 33.5 Å². The molecule has 0 aliphatic carbocycles. The van der Waals surface area contributed by atoms with Crippen LogP contribution in [0.25, 0.3) is 11.0 Å². The molecule has 3 nitrogen and oxygen atoms in total. The standard InChI is InChI=1S/C15H20O3Si/c1-10(19(3,4)5)13-8-11-6-7-12(17-2)9-14(11)18-15(13)16/h6-10H,1-5H3. The van der Waals surface area contributed by atoms with Crippen molar-refractivity contribution in [2.45, 2.75) is 32.1 Å². The van der Waals surface area contributed by atoms with Gasteiger partial charge in [0.15, 0.2) is 0 Å². The zero-order valence-corrected chi connectivity index (χ0v) is 13.1. The Hall–Kier alpha value is -1.55. The van der Waals surface area contributed by atoms with E-state index < -0.39 is 8.07 Å². The van der Waals surface area contributed by atoms with Crippen molar-refractivity contribution < 1.29 is 9.15 Å². The second-order valence-corrected chi connectivity index (χ2v) is 11.6. The number of ether oxygens (including phenoxy) is 1. The molecule has 1 atom stereocenters. The molecule has 1 unspecified atom stereocenters. The summed E-state index contributed by atoms with van der Waals surface area (Å²) in [7, 11) is 0.175. The van der Waals surface area contributed by atoms with Crippen LogP contribution in [-0.4, -0.2) is 15.2 Å². The largest absolute Gasteiger partial charge is 0.497 e. The number of methoxy groups -OCH3 is 1. The zero-order chi connectivity index (χ0) is 14.2. The van der Waals surface area contributed by atoms with Crippen LogP contribution in [0.1, 0.15) is 18.0 Å². The van der Waals surface area contributed by atoms with Crippen molar-refractivity contribution >= 4 is 19.0 Å². The zero-order valence-electron chi connectivity index (χ0n) is 12.1. The minimum absolute atomic E-state index is 0.226. The van der Waals surface area contributed by atoms with E-state index in [0.29, 0.717) is 11.3 Å². The van der Waals surface area contributed by atoms with Crippen molar-refractivity contribution in [2.24, 2.45) is 0 Å². The molecular formula is C15H20O3Si. The van der Waals surface area contributed by atoms with Gasteiger partial charge in [0.05, 0.1) is 15.2 Å². The summed E-state index contributed by atoms with van der Waals surface area (Å²) in [6.45, 7) is 8.90. The van der Waals surface area contributed by atoms with Gasteiger partial charge in [-0.15, -0.1) is 0 Å². The first-order valence-electron chi connectivity index (χ1n) is 6.44. The molecule has 2 rings (SSSR count). The minimum Gasteiger partial charge on any atom is -0.497 e. The van der Waals surface area contributed by atoms with Gasteiger partial charge in [0.2, 0.25) is 0 Å². The summed E-state index contributed by atoms with van der Waals surface area (Å²) < 4.78 is 10.6. The Morgan fingerprint density at radius 3 is 2.47 bits per heavy atom. The van der Waals surface area contributed by atoms with Gasteiger partial charge in [0.1, 0.15) is 11.3 Å². The average Bonchev–Trinajstić information content (AvgIpc) is 2.35. The highest BCUT2D eigenvalue weighted by Crippen LogP contribution is 2.27. The SMILES string of the molecule is COc1ccc2cc(C(C)[Si](C)(C)C)c(=O)oc2c1. The fourth-order valence-corrected chi connectivity index (χ4v) is 3.14. The molecule has 0 saturated heterocycles. The Labute approximate surface area is 114 Å². The van der Waals surface area contributed by atoms with Crippen LogP contribution in [0, 0.1) is 0 Å². The molecule has 102 valence electrons. The molecule has 0 aliphatic heterocycles. The highest BCUT2D eigenvalue weighted by atomic mass is 28.3. The van der Waals surface area contributed by atoms with E-state index >= 15 is 0 Å². The van der Waals surface area contributed by atoms with Crippen LogP contribution in [0.3, 0.4) is 0 Å². The maximum atomic E-state index is 12.1. The van der Waals surface area contributed by atoms with Crippen LogP contribution >= 0.6 is 0 Å². The Kier molecular flexibility index (Phi) is 3.54. The predicted octanol–water partition coefficient (Wildman–Crippen LogP) is 3.78. The summed E-state index contributed by atoms with van der Waals surface area (Å²) in [5.41, 5.74) is 1.42. The Morgan fingerprint density at radius 1 is 1.21 bits per heavy atom. The molecule has 0 fully saturated rings. The molecule has 2 aromatic rings. The topological polar surface area (TPSA) is 39.4 Å². The van der Waals surface area contributed by atoms with E-state index in [-0.39, 0.29) is 11.2 Å². The summed E-state index contributed by atoms with van der Waals surface area (Å²) in [6.07, 6.45) is 0. The number of benzene rings is 1.